The van der Waals surface area contributed by atoms with Crippen LogP contribution in [0.4, 0.5) is 0 Å². The van der Waals surface area contributed by atoms with Crippen LogP contribution in [0.15, 0.2) is 10.9 Å². The zero-order valence-corrected chi connectivity index (χ0v) is 7.99. The molecule has 1 atom stereocenters. The number of carboxylic acids is 1. The summed E-state index contributed by atoms with van der Waals surface area (Å²) in [4.78, 5) is 24.5. The molecule has 0 spiro atoms. The number of fused-ring (bicyclic) bond motifs is 1. The van der Waals surface area contributed by atoms with Crippen molar-refractivity contribution in [1.29, 1.82) is 0 Å². The monoisotopic (exact) mass is 209 g/mol. The first kappa shape index (κ1) is 9.92. The maximum absolute atomic E-state index is 11.3. The summed E-state index contributed by atoms with van der Waals surface area (Å²) >= 11 is 0. The van der Waals surface area contributed by atoms with Crippen LogP contribution in [0.25, 0.3) is 0 Å². The van der Waals surface area contributed by atoms with E-state index in [9.17, 15) is 14.7 Å². The Labute approximate surface area is 85.4 Å². The standard InChI is InChI=1S/C10H11NO4/c12-8-3-1-2-7-5(8)4-6(10(14)15)9(13)11-7/h4,8,12H,1-3H2,(H,11,13)(H,14,15)/t8-/m1/s1. The van der Waals surface area contributed by atoms with E-state index in [1.54, 1.807) is 0 Å². The van der Waals surface area contributed by atoms with Crippen LogP contribution in [0.2, 0.25) is 0 Å². The van der Waals surface area contributed by atoms with Crippen molar-refractivity contribution in [3.8, 4) is 0 Å². The van der Waals surface area contributed by atoms with Crippen LogP contribution >= 0.6 is 0 Å². The molecule has 0 saturated carbocycles. The van der Waals surface area contributed by atoms with Crippen LogP contribution < -0.4 is 5.56 Å². The maximum Gasteiger partial charge on any atom is 0.341 e. The fourth-order valence-electron chi connectivity index (χ4n) is 1.88. The van der Waals surface area contributed by atoms with E-state index in [2.05, 4.69) is 4.98 Å². The van der Waals surface area contributed by atoms with Gasteiger partial charge in [0.25, 0.3) is 5.56 Å². The number of carbonyl (C=O) groups is 1. The number of aromatic nitrogens is 1. The largest absolute Gasteiger partial charge is 0.477 e. The van der Waals surface area contributed by atoms with Crippen molar-refractivity contribution in [2.24, 2.45) is 0 Å². The molecule has 0 amide bonds. The smallest absolute Gasteiger partial charge is 0.341 e. The Balaban J connectivity index is 2.60. The molecule has 1 aromatic rings. The second-order valence-corrected chi connectivity index (χ2v) is 3.66. The van der Waals surface area contributed by atoms with Gasteiger partial charge in [0.15, 0.2) is 0 Å². The summed E-state index contributed by atoms with van der Waals surface area (Å²) in [6, 6.07) is 1.28. The average Bonchev–Trinajstić information content (AvgIpc) is 2.16. The van der Waals surface area contributed by atoms with Gasteiger partial charge in [-0.25, -0.2) is 4.79 Å². The van der Waals surface area contributed by atoms with Crippen molar-refractivity contribution < 1.29 is 15.0 Å². The Bertz CT molecular complexity index is 463. The number of aliphatic hydroxyl groups excluding tert-OH is 1. The third-order valence-electron chi connectivity index (χ3n) is 2.65. The predicted molar refractivity (Wildman–Crippen MR) is 51.9 cm³/mol. The number of rotatable bonds is 1. The predicted octanol–water partition coefficient (Wildman–Crippen LogP) is 0.443. The number of aryl methyl sites for hydroxylation is 1. The summed E-state index contributed by atoms with van der Waals surface area (Å²) in [5.74, 6) is -1.27. The van der Waals surface area contributed by atoms with Crippen molar-refractivity contribution in [2.75, 3.05) is 0 Å². The first-order valence-corrected chi connectivity index (χ1v) is 4.77. The second-order valence-electron chi connectivity index (χ2n) is 3.66. The van der Waals surface area contributed by atoms with Crippen molar-refractivity contribution in [2.45, 2.75) is 25.4 Å². The lowest BCUT2D eigenvalue weighted by molar-refractivity contribution is 0.0694. The minimum absolute atomic E-state index is 0.310. The van der Waals surface area contributed by atoms with Crippen LogP contribution in [0.3, 0.4) is 0 Å². The zero-order chi connectivity index (χ0) is 11.0. The highest BCUT2D eigenvalue weighted by Gasteiger charge is 2.21. The van der Waals surface area contributed by atoms with E-state index >= 15 is 0 Å². The summed E-state index contributed by atoms with van der Waals surface area (Å²) in [6.07, 6.45) is 1.43. The minimum Gasteiger partial charge on any atom is -0.477 e. The van der Waals surface area contributed by atoms with Gasteiger partial charge in [0.05, 0.1) is 6.10 Å². The lowest BCUT2D eigenvalue weighted by atomic mass is 9.92. The van der Waals surface area contributed by atoms with Crippen LogP contribution in [-0.4, -0.2) is 21.2 Å². The van der Waals surface area contributed by atoms with Crippen LogP contribution in [0, 0.1) is 0 Å². The Morgan fingerprint density at radius 3 is 2.93 bits per heavy atom. The van der Waals surface area contributed by atoms with Gasteiger partial charge in [-0.1, -0.05) is 0 Å². The molecular weight excluding hydrogens is 198 g/mol. The van der Waals surface area contributed by atoms with Crippen LogP contribution in [0.1, 0.15) is 40.6 Å². The molecule has 0 aromatic carbocycles. The molecule has 80 valence electrons. The molecule has 0 bridgehead atoms. The molecular formula is C10H11NO4. The normalized spacial score (nSPS) is 19.7. The summed E-state index contributed by atoms with van der Waals surface area (Å²) in [5.41, 5.74) is 0.284. The topological polar surface area (TPSA) is 90.4 Å². The van der Waals surface area contributed by atoms with E-state index in [-0.39, 0.29) is 5.56 Å². The Morgan fingerprint density at radius 2 is 2.27 bits per heavy atom. The van der Waals surface area contributed by atoms with Gasteiger partial charge in [-0.3, -0.25) is 4.79 Å². The molecule has 1 aromatic heterocycles. The summed E-state index contributed by atoms with van der Waals surface area (Å²) < 4.78 is 0. The molecule has 15 heavy (non-hydrogen) atoms. The third-order valence-corrected chi connectivity index (χ3v) is 2.65. The molecule has 3 N–H and O–H groups in total. The Hall–Kier alpha value is -1.62. The highest BCUT2D eigenvalue weighted by atomic mass is 16.4. The van der Waals surface area contributed by atoms with Crippen molar-refractivity contribution in [3.63, 3.8) is 0 Å². The van der Waals surface area contributed by atoms with Crippen LogP contribution in [-0.2, 0) is 6.42 Å². The third kappa shape index (κ3) is 1.66. The van der Waals surface area contributed by atoms with E-state index in [1.165, 1.54) is 6.07 Å². The Morgan fingerprint density at radius 1 is 1.53 bits per heavy atom. The van der Waals surface area contributed by atoms with Crippen molar-refractivity contribution in [3.05, 3.63) is 33.2 Å². The SMILES string of the molecule is O=C(O)c1cc2c([nH]c1=O)CCC[C@H]2O. The quantitative estimate of drug-likeness (QED) is 0.626. The molecule has 2 rings (SSSR count). The summed E-state index contributed by atoms with van der Waals surface area (Å²) in [7, 11) is 0. The maximum atomic E-state index is 11.3. The fourth-order valence-corrected chi connectivity index (χ4v) is 1.88. The minimum atomic E-state index is -1.27. The number of pyridine rings is 1. The van der Waals surface area contributed by atoms with E-state index in [4.69, 9.17) is 5.11 Å². The molecule has 0 unspecified atom stereocenters. The van der Waals surface area contributed by atoms with Gasteiger partial charge in [-0.15, -0.1) is 0 Å². The number of hydrogen-bond donors (Lipinski definition) is 3. The average molecular weight is 209 g/mol. The molecule has 0 saturated heterocycles. The molecule has 5 heteroatoms. The van der Waals surface area contributed by atoms with Crippen molar-refractivity contribution >= 4 is 5.97 Å². The van der Waals surface area contributed by atoms with Crippen LogP contribution in [0.5, 0.6) is 0 Å². The van der Waals surface area contributed by atoms with Gasteiger partial charge in [0, 0.05) is 11.3 Å². The molecule has 1 aliphatic carbocycles. The van der Waals surface area contributed by atoms with Gasteiger partial charge < -0.3 is 15.2 Å². The molecule has 0 aliphatic heterocycles. The lowest BCUT2D eigenvalue weighted by Crippen LogP contribution is -2.23. The highest BCUT2D eigenvalue weighted by molar-refractivity contribution is 5.87. The lowest BCUT2D eigenvalue weighted by Gasteiger charge is -2.20. The van der Waals surface area contributed by atoms with E-state index < -0.39 is 17.6 Å². The van der Waals surface area contributed by atoms with E-state index in [0.717, 1.165) is 6.42 Å². The molecule has 0 fully saturated rings. The summed E-state index contributed by atoms with van der Waals surface area (Å²) in [6.45, 7) is 0. The number of aromatic amines is 1. The second kappa shape index (κ2) is 3.51. The molecule has 0 radical (unpaired) electrons. The first-order valence-electron chi connectivity index (χ1n) is 4.77. The zero-order valence-electron chi connectivity index (χ0n) is 7.99. The molecule has 5 nitrogen and oxygen atoms in total. The van der Waals surface area contributed by atoms with Crippen molar-refractivity contribution in [1.82, 2.24) is 4.98 Å². The van der Waals surface area contributed by atoms with Gasteiger partial charge >= 0.3 is 5.97 Å². The highest BCUT2D eigenvalue weighted by Crippen LogP contribution is 2.27. The number of aliphatic hydroxyl groups is 1. The number of H-pyrrole nitrogens is 1. The van der Waals surface area contributed by atoms with Gasteiger partial charge in [-0.2, -0.15) is 0 Å². The first-order chi connectivity index (χ1) is 7.09. The van der Waals surface area contributed by atoms with E-state index in [1.807, 2.05) is 0 Å². The van der Waals surface area contributed by atoms with Gasteiger partial charge in [0.2, 0.25) is 0 Å². The number of hydrogen-bond acceptors (Lipinski definition) is 3. The van der Waals surface area contributed by atoms with E-state index in [0.29, 0.717) is 24.1 Å². The number of aromatic carboxylic acids is 1. The Kier molecular flexibility index (Phi) is 2.32. The number of carboxylic acid groups (broad SMARTS) is 1. The van der Waals surface area contributed by atoms with Gasteiger partial charge in [-0.05, 0) is 25.3 Å². The molecule has 1 heterocycles. The number of nitrogens with one attached hydrogen (secondary N) is 1. The summed E-state index contributed by atoms with van der Waals surface area (Å²) in [5, 5.41) is 18.4. The van der Waals surface area contributed by atoms with Gasteiger partial charge in [0.1, 0.15) is 5.56 Å². The molecule has 1 aliphatic rings. The fraction of sp³-hybridized carbons (Fsp3) is 0.400.